The Morgan fingerprint density at radius 2 is 1.81 bits per heavy atom. The molecule has 0 atom stereocenters. The highest BCUT2D eigenvalue weighted by Gasteiger charge is 2.08. The zero-order chi connectivity index (χ0) is 18.2. The molecule has 6 heteroatoms. The van der Waals surface area contributed by atoms with Crippen molar-refractivity contribution in [2.24, 2.45) is 0 Å². The molecule has 0 aliphatic heterocycles. The highest BCUT2D eigenvalue weighted by atomic mass is 19.1. The van der Waals surface area contributed by atoms with Crippen molar-refractivity contribution in [1.82, 2.24) is 9.78 Å². The number of rotatable bonds is 8. The van der Waals surface area contributed by atoms with Crippen LogP contribution in [0, 0.1) is 5.82 Å². The molecule has 0 N–H and O–H groups in total. The molecule has 0 radical (unpaired) electrons. The third kappa shape index (κ3) is 5.17. The van der Waals surface area contributed by atoms with E-state index in [0.29, 0.717) is 18.8 Å². The number of carbonyl (C=O) groups is 1. The van der Waals surface area contributed by atoms with Gasteiger partial charge in [-0.2, -0.15) is 5.10 Å². The van der Waals surface area contributed by atoms with Gasteiger partial charge in [0.15, 0.2) is 0 Å². The van der Waals surface area contributed by atoms with E-state index in [4.69, 9.17) is 9.47 Å². The summed E-state index contributed by atoms with van der Waals surface area (Å²) in [5.41, 5.74) is 1.73. The Morgan fingerprint density at radius 1 is 1.04 bits per heavy atom. The van der Waals surface area contributed by atoms with E-state index in [0.717, 1.165) is 11.3 Å². The third-order valence-electron chi connectivity index (χ3n) is 3.64. The second kappa shape index (κ2) is 8.80. The van der Waals surface area contributed by atoms with Gasteiger partial charge in [0.25, 0.3) is 0 Å². The second-order valence-electron chi connectivity index (χ2n) is 5.68. The van der Waals surface area contributed by atoms with Crippen molar-refractivity contribution in [2.75, 3.05) is 13.2 Å². The molecule has 0 saturated carbocycles. The van der Waals surface area contributed by atoms with Gasteiger partial charge in [-0.15, -0.1) is 0 Å². The summed E-state index contributed by atoms with van der Waals surface area (Å²) in [4.78, 5) is 11.9. The Labute approximate surface area is 151 Å². The summed E-state index contributed by atoms with van der Waals surface area (Å²) in [6, 6.07) is 15.5. The van der Waals surface area contributed by atoms with E-state index in [1.807, 2.05) is 36.5 Å². The number of hydrogen-bond donors (Lipinski definition) is 0. The minimum Gasteiger partial charge on any atom is -0.493 e. The Kier molecular flexibility index (Phi) is 5.98. The quantitative estimate of drug-likeness (QED) is 0.458. The predicted molar refractivity (Wildman–Crippen MR) is 94.7 cm³/mol. The normalized spacial score (nSPS) is 10.5. The van der Waals surface area contributed by atoms with Gasteiger partial charge in [-0.25, -0.2) is 9.07 Å². The Balaban J connectivity index is 1.37. The molecule has 3 rings (SSSR count). The topological polar surface area (TPSA) is 53.4 Å². The van der Waals surface area contributed by atoms with Gasteiger partial charge >= 0.3 is 5.97 Å². The fraction of sp³-hybridized carbons (Fsp3) is 0.200. The fourth-order valence-corrected chi connectivity index (χ4v) is 2.36. The van der Waals surface area contributed by atoms with Crippen LogP contribution < -0.4 is 4.74 Å². The van der Waals surface area contributed by atoms with E-state index in [2.05, 4.69) is 5.10 Å². The van der Waals surface area contributed by atoms with E-state index >= 15 is 0 Å². The molecule has 5 nitrogen and oxygen atoms in total. The summed E-state index contributed by atoms with van der Waals surface area (Å²) in [5, 5.41) is 4.25. The molecule has 3 aromatic rings. The number of para-hydroxylation sites is 1. The third-order valence-corrected chi connectivity index (χ3v) is 3.64. The maximum atomic E-state index is 12.8. The lowest BCUT2D eigenvalue weighted by molar-refractivity contribution is -0.143. The van der Waals surface area contributed by atoms with Crippen molar-refractivity contribution >= 4 is 5.97 Å². The van der Waals surface area contributed by atoms with Crippen LogP contribution in [0.2, 0.25) is 0 Å². The van der Waals surface area contributed by atoms with E-state index in [1.54, 1.807) is 23.0 Å². The van der Waals surface area contributed by atoms with Crippen molar-refractivity contribution in [3.8, 4) is 11.4 Å². The standard InChI is InChI=1S/C20H19FN2O3/c21-17-7-9-19(10-8-17)25-11-4-12-26-20(24)13-16-14-22-23(15-16)18-5-2-1-3-6-18/h1-3,5-10,14-15H,4,11-13H2. The molecule has 26 heavy (non-hydrogen) atoms. The van der Waals surface area contributed by atoms with Crippen LogP contribution in [0.1, 0.15) is 12.0 Å². The average Bonchev–Trinajstić information content (AvgIpc) is 3.12. The van der Waals surface area contributed by atoms with Gasteiger partial charge in [-0.3, -0.25) is 4.79 Å². The minimum absolute atomic E-state index is 0.172. The molecule has 0 aliphatic carbocycles. The van der Waals surface area contributed by atoms with E-state index in [-0.39, 0.29) is 24.8 Å². The number of aromatic nitrogens is 2. The van der Waals surface area contributed by atoms with Crippen LogP contribution in [0.15, 0.2) is 67.0 Å². The number of halogens is 1. The SMILES string of the molecule is O=C(Cc1cnn(-c2ccccc2)c1)OCCCOc1ccc(F)cc1. The van der Waals surface area contributed by atoms with Crippen molar-refractivity contribution in [3.05, 3.63) is 78.4 Å². The molecule has 0 spiro atoms. The summed E-state index contributed by atoms with van der Waals surface area (Å²) in [6.45, 7) is 0.664. The van der Waals surface area contributed by atoms with Crippen LogP contribution in [0.5, 0.6) is 5.75 Å². The summed E-state index contributed by atoms with van der Waals surface area (Å²) in [6.07, 6.45) is 4.21. The highest BCUT2D eigenvalue weighted by Crippen LogP contribution is 2.11. The number of hydrogen-bond acceptors (Lipinski definition) is 4. The molecule has 0 fully saturated rings. The second-order valence-corrected chi connectivity index (χ2v) is 5.68. The Hall–Kier alpha value is -3.15. The van der Waals surface area contributed by atoms with Gasteiger partial charge < -0.3 is 9.47 Å². The summed E-state index contributed by atoms with van der Waals surface area (Å²) < 4.78 is 25.1. The molecule has 0 unspecified atom stereocenters. The molecule has 1 aromatic heterocycles. The Bertz CT molecular complexity index is 832. The maximum absolute atomic E-state index is 12.8. The first-order valence-electron chi connectivity index (χ1n) is 8.34. The number of ether oxygens (including phenoxy) is 2. The van der Waals surface area contributed by atoms with Gasteiger partial charge in [0, 0.05) is 18.2 Å². The number of benzene rings is 2. The van der Waals surface area contributed by atoms with Crippen molar-refractivity contribution in [3.63, 3.8) is 0 Å². The van der Waals surface area contributed by atoms with Crippen LogP contribution in [-0.4, -0.2) is 29.0 Å². The number of carbonyl (C=O) groups excluding carboxylic acids is 1. The summed E-state index contributed by atoms with van der Waals surface area (Å²) in [7, 11) is 0. The lowest BCUT2D eigenvalue weighted by atomic mass is 10.2. The Morgan fingerprint density at radius 3 is 2.58 bits per heavy atom. The molecule has 0 aliphatic rings. The molecule has 1 heterocycles. The zero-order valence-electron chi connectivity index (χ0n) is 14.2. The number of esters is 1. The monoisotopic (exact) mass is 354 g/mol. The van der Waals surface area contributed by atoms with E-state index < -0.39 is 0 Å². The van der Waals surface area contributed by atoms with Gasteiger partial charge in [0.2, 0.25) is 0 Å². The molecule has 0 bridgehead atoms. The van der Waals surface area contributed by atoms with E-state index in [1.165, 1.54) is 12.1 Å². The molecule has 134 valence electrons. The van der Waals surface area contributed by atoms with Crippen molar-refractivity contribution in [1.29, 1.82) is 0 Å². The minimum atomic E-state index is -0.306. The van der Waals surface area contributed by atoms with Gasteiger partial charge in [-0.1, -0.05) is 18.2 Å². The first-order chi connectivity index (χ1) is 12.7. The first kappa shape index (κ1) is 17.7. The van der Waals surface area contributed by atoms with Crippen molar-refractivity contribution < 1.29 is 18.7 Å². The largest absolute Gasteiger partial charge is 0.493 e. The molecular formula is C20H19FN2O3. The lowest BCUT2D eigenvalue weighted by Gasteiger charge is -2.07. The van der Waals surface area contributed by atoms with Crippen LogP contribution in [0.3, 0.4) is 0 Å². The van der Waals surface area contributed by atoms with Crippen LogP contribution in [-0.2, 0) is 16.0 Å². The van der Waals surface area contributed by atoms with Gasteiger partial charge in [-0.05, 0) is 36.4 Å². The summed E-state index contributed by atoms with van der Waals surface area (Å²) >= 11 is 0. The fourth-order valence-electron chi connectivity index (χ4n) is 2.36. The van der Waals surface area contributed by atoms with E-state index in [9.17, 15) is 9.18 Å². The first-order valence-corrected chi connectivity index (χ1v) is 8.34. The average molecular weight is 354 g/mol. The van der Waals surface area contributed by atoms with Crippen molar-refractivity contribution in [2.45, 2.75) is 12.8 Å². The van der Waals surface area contributed by atoms with Gasteiger partial charge in [0.1, 0.15) is 11.6 Å². The zero-order valence-corrected chi connectivity index (χ0v) is 14.2. The lowest BCUT2D eigenvalue weighted by Crippen LogP contribution is -2.11. The predicted octanol–water partition coefficient (Wildman–Crippen LogP) is 3.57. The maximum Gasteiger partial charge on any atom is 0.310 e. The van der Waals surface area contributed by atoms with Gasteiger partial charge in [0.05, 0.1) is 31.5 Å². The van der Waals surface area contributed by atoms with Crippen LogP contribution in [0.4, 0.5) is 4.39 Å². The molecule has 2 aromatic carbocycles. The highest BCUT2D eigenvalue weighted by molar-refractivity contribution is 5.72. The summed E-state index contributed by atoms with van der Waals surface area (Å²) in [5.74, 6) is -0.0210. The number of nitrogens with zero attached hydrogens (tertiary/aromatic N) is 2. The molecular weight excluding hydrogens is 335 g/mol. The van der Waals surface area contributed by atoms with Crippen LogP contribution >= 0.6 is 0 Å². The van der Waals surface area contributed by atoms with Crippen LogP contribution in [0.25, 0.3) is 5.69 Å². The molecule has 0 amide bonds. The smallest absolute Gasteiger partial charge is 0.310 e. The molecule has 0 saturated heterocycles.